The fourth-order valence-corrected chi connectivity index (χ4v) is 4.98. The maximum atomic E-state index is 13.1. The highest BCUT2D eigenvalue weighted by molar-refractivity contribution is 9.10. The fraction of sp³-hybridized carbons (Fsp3) is 0.138. The van der Waals surface area contributed by atoms with Gasteiger partial charge in [-0.2, -0.15) is 5.26 Å². The molecular formula is C29H24BrN3OS. The molecule has 0 spiro atoms. The summed E-state index contributed by atoms with van der Waals surface area (Å²) in [5, 5.41) is 13.2. The van der Waals surface area contributed by atoms with Gasteiger partial charge in [-0.1, -0.05) is 88.4 Å². The first-order valence-corrected chi connectivity index (χ1v) is 12.8. The summed E-state index contributed by atoms with van der Waals surface area (Å²) in [6, 6.07) is 27.9. The minimum Gasteiger partial charge on any atom is -0.325 e. The lowest BCUT2D eigenvalue weighted by Crippen LogP contribution is -2.23. The van der Waals surface area contributed by atoms with Gasteiger partial charge in [0.05, 0.1) is 16.5 Å². The number of nitrogens with one attached hydrogen (secondary N) is 1. The predicted octanol–water partition coefficient (Wildman–Crippen LogP) is 7.79. The van der Waals surface area contributed by atoms with E-state index in [0.717, 1.165) is 43.7 Å². The second-order valence-electron chi connectivity index (χ2n) is 8.24. The Hall–Kier alpha value is -3.40. The summed E-state index contributed by atoms with van der Waals surface area (Å²) in [6.07, 6.45) is 0. The number of nitrogens with zero attached hydrogens (tertiary/aromatic N) is 2. The molecule has 1 N–H and O–H groups in total. The van der Waals surface area contributed by atoms with Gasteiger partial charge in [-0.05, 0) is 55.7 Å². The number of benzene rings is 3. The van der Waals surface area contributed by atoms with E-state index in [0.29, 0.717) is 10.6 Å². The van der Waals surface area contributed by atoms with E-state index in [2.05, 4.69) is 27.3 Å². The third-order valence-corrected chi connectivity index (χ3v) is 7.32. The van der Waals surface area contributed by atoms with Gasteiger partial charge in [0.1, 0.15) is 11.1 Å². The highest BCUT2D eigenvalue weighted by Gasteiger charge is 2.22. The molecule has 0 saturated heterocycles. The first-order chi connectivity index (χ1) is 16.9. The number of amides is 1. The second kappa shape index (κ2) is 10.9. The number of anilines is 1. The zero-order valence-electron chi connectivity index (χ0n) is 19.7. The van der Waals surface area contributed by atoms with Crippen molar-refractivity contribution in [2.45, 2.75) is 31.0 Å². The molecule has 3 aromatic carbocycles. The van der Waals surface area contributed by atoms with Crippen molar-refractivity contribution in [3.63, 3.8) is 0 Å². The van der Waals surface area contributed by atoms with Crippen LogP contribution >= 0.6 is 27.7 Å². The number of hydrogen-bond acceptors (Lipinski definition) is 4. The molecule has 0 aliphatic rings. The van der Waals surface area contributed by atoms with Crippen LogP contribution in [-0.4, -0.2) is 16.1 Å². The molecule has 0 bridgehead atoms. The number of halogens is 1. The van der Waals surface area contributed by atoms with Gasteiger partial charge in [0.2, 0.25) is 5.91 Å². The molecule has 0 aliphatic heterocycles. The number of carbonyl (C=O) groups excluding carboxylic acids is 1. The van der Waals surface area contributed by atoms with Crippen molar-refractivity contribution in [2.24, 2.45) is 0 Å². The van der Waals surface area contributed by atoms with Crippen LogP contribution in [0, 0.1) is 25.2 Å². The number of pyridine rings is 1. The molecule has 174 valence electrons. The number of thioether (sulfide) groups is 1. The summed E-state index contributed by atoms with van der Waals surface area (Å²) < 4.78 is 0.976. The topological polar surface area (TPSA) is 65.8 Å². The van der Waals surface area contributed by atoms with Gasteiger partial charge in [0.25, 0.3) is 0 Å². The van der Waals surface area contributed by atoms with Crippen molar-refractivity contribution < 1.29 is 4.79 Å². The smallest absolute Gasteiger partial charge is 0.237 e. The van der Waals surface area contributed by atoms with Crippen LogP contribution in [-0.2, 0) is 4.79 Å². The van der Waals surface area contributed by atoms with E-state index < -0.39 is 5.25 Å². The molecule has 4 rings (SSSR count). The number of aryl methyl sites for hydroxylation is 2. The Balaban J connectivity index is 1.74. The van der Waals surface area contributed by atoms with Crippen LogP contribution < -0.4 is 5.32 Å². The van der Waals surface area contributed by atoms with Gasteiger partial charge in [-0.25, -0.2) is 4.98 Å². The van der Waals surface area contributed by atoms with E-state index in [1.165, 1.54) is 11.8 Å². The van der Waals surface area contributed by atoms with Crippen LogP contribution in [0.15, 0.2) is 88.4 Å². The van der Waals surface area contributed by atoms with E-state index in [1.807, 2.05) is 99.6 Å². The number of rotatable bonds is 6. The molecule has 4 nitrogen and oxygen atoms in total. The summed E-state index contributed by atoms with van der Waals surface area (Å²) in [4.78, 5) is 18.0. The summed E-state index contributed by atoms with van der Waals surface area (Å²) in [7, 11) is 0. The van der Waals surface area contributed by atoms with Crippen LogP contribution in [0.25, 0.3) is 22.4 Å². The van der Waals surface area contributed by atoms with Crippen LogP contribution in [0.5, 0.6) is 0 Å². The van der Waals surface area contributed by atoms with E-state index in [9.17, 15) is 10.1 Å². The number of hydrogen-bond donors (Lipinski definition) is 1. The molecule has 1 heterocycles. The zero-order chi connectivity index (χ0) is 24.9. The highest BCUT2D eigenvalue weighted by Crippen LogP contribution is 2.36. The van der Waals surface area contributed by atoms with Gasteiger partial charge in [0, 0.05) is 21.3 Å². The molecule has 1 atom stereocenters. The maximum Gasteiger partial charge on any atom is 0.237 e. The number of aromatic nitrogens is 1. The first-order valence-electron chi connectivity index (χ1n) is 11.2. The Bertz CT molecular complexity index is 1390. The highest BCUT2D eigenvalue weighted by atomic mass is 79.9. The predicted molar refractivity (Wildman–Crippen MR) is 147 cm³/mol. The summed E-state index contributed by atoms with van der Waals surface area (Å²) >= 11 is 4.78. The maximum absolute atomic E-state index is 13.1. The van der Waals surface area contributed by atoms with Crippen LogP contribution in [0.2, 0.25) is 0 Å². The second-order valence-corrected chi connectivity index (χ2v) is 10.5. The monoisotopic (exact) mass is 541 g/mol. The van der Waals surface area contributed by atoms with Crippen LogP contribution in [0.4, 0.5) is 5.69 Å². The lowest BCUT2D eigenvalue weighted by atomic mass is 9.99. The van der Waals surface area contributed by atoms with E-state index in [-0.39, 0.29) is 5.91 Å². The van der Waals surface area contributed by atoms with E-state index >= 15 is 0 Å². The number of carbonyl (C=O) groups is 1. The van der Waals surface area contributed by atoms with Gasteiger partial charge in [-0.15, -0.1) is 0 Å². The standard InChI is InChI=1S/C29H24BrN3OS/c1-18-8-7-9-19(2)27(18)33-28(34)20(3)35-29-25(17-31)24(21-10-5-4-6-11-21)16-26(32-29)22-12-14-23(30)15-13-22/h4-16,20H,1-3H3,(H,33,34). The normalized spacial score (nSPS) is 11.5. The third kappa shape index (κ3) is 5.64. The molecule has 0 saturated carbocycles. The molecular weight excluding hydrogens is 518 g/mol. The number of nitriles is 1. The molecule has 1 amide bonds. The van der Waals surface area contributed by atoms with Crippen molar-refractivity contribution in [2.75, 3.05) is 5.32 Å². The van der Waals surface area contributed by atoms with Gasteiger partial charge in [-0.3, -0.25) is 4.79 Å². The molecule has 4 aromatic rings. The Morgan fingerprint density at radius 3 is 2.26 bits per heavy atom. The number of para-hydroxylation sites is 1. The SMILES string of the molecule is Cc1cccc(C)c1NC(=O)C(C)Sc1nc(-c2ccc(Br)cc2)cc(-c2ccccc2)c1C#N. The van der Waals surface area contributed by atoms with E-state index in [4.69, 9.17) is 4.98 Å². The Morgan fingerprint density at radius 1 is 0.971 bits per heavy atom. The molecule has 1 unspecified atom stereocenters. The molecule has 35 heavy (non-hydrogen) atoms. The summed E-state index contributed by atoms with van der Waals surface area (Å²) in [5.74, 6) is -0.131. The van der Waals surface area contributed by atoms with Gasteiger partial charge < -0.3 is 5.32 Å². The van der Waals surface area contributed by atoms with Gasteiger partial charge >= 0.3 is 0 Å². The van der Waals surface area contributed by atoms with Crippen LogP contribution in [0.3, 0.4) is 0 Å². The quantitative estimate of drug-likeness (QED) is 0.253. The largest absolute Gasteiger partial charge is 0.325 e. The summed E-state index contributed by atoms with van der Waals surface area (Å²) in [5.41, 5.74) is 6.72. The zero-order valence-corrected chi connectivity index (χ0v) is 22.1. The van der Waals surface area contributed by atoms with Crippen molar-refractivity contribution in [3.8, 4) is 28.5 Å². The Kier molecular flexibility index (Phi) is 7.70. The van der Waals surface area contributed by atoms with Crippen molar-refractivity contribution >= 4 is 39.3 Å². The molecule has 1 aromatic heterocycles. The lowest BCUT2D eigenvalue weighted by molar-refractivity contribution is -0.115. The average Bonchev–Trinajstić information content (AvgIpc) is 2.86. The molecule has 6 heteroatoms. The first kappa shape index (κ1) is 24.7. The third-order valence-electron chi connectivity index (χ3n) is 5.71. The van der Waals surface area contributed by atoms with Crippen molar-refractivity contribution in [3.05, 3.63) is 100 Å². The summed E-state index contributed by atoms with van der Waals surface area (Å²) in [6.45, 7) is 5.79. The fourth-order valence-electron chi connectivity index (χ4n) is 3.79. The van der Waals surface area contributed by atoms with Crippen molar-refractivity contribution in [1.29, 1.82) is 5.26 Å². The lowest BCUT2D eigenvalue weighted by Gasteiger charge is -2.17. The van der Waals surface area contributed by atoms with Crippen LogP contribution in [0.1, 0.15) is 23.6 Å². The minimum atomic E-state index is -0.461. The minimum absolute atomic E-state index is 0.131. The van der Waals surface area contributed by atoms with Gasteiger partial charge in [0.15, 0.2) is 0 Å². The van der Waals surface area contributed by atoms with Crippen molar-refractivity contribution in [1.82, 2.24) is 4.98 Å². The Morgan fingerprint density at radius 2 is 1.63 bits per heavy atom. The molecule has 0 aliphatic carbocycles. The molecule has 0 fully saturated rings. The average molecular weight is 543 g/mol. The van der Waals surface area contributed by atoms with E-state index in [1.54, 1.807) is 0 Å². The molecule has 0 radical (unpaired) electrons. The Labute approximate surface area is 218 Å².